The van der Waals surface area contributed by atoms with Crippen molar-refractivity contribution >= 4 is 11.9 Å². The van der Waals surface area contributed by atoms with Crippen LogP contribution in [0, 0.1) is 5.82 Å². The summed E-state index contributed by atoms with van der Waals surface area (Å²) in [5.74, 6) is -1.80. The van der Waals surface area contributed by atoms with E-state index >= 15 is 0 Å². The van der Waals surface area contributed by atoms with Crippen LogP contribution in [0.3, 0.4) is 0 Å². The molecule has 1 heterocycles. The van der Waals surface area contributed by atoms with Gasteiger partial charge in [-0.3, -0.25) is 4.79 Å². The lowest BCUT2D eigenvalue weighted by Crippen LogP contribution is -2.45. The quantitative estimate of drug-likeness (QED) is 0.892. The van der Waals surface area contributed by atoms with Crippen LogP contribution in [0.25, 0.3) is 5.69 Å². The van der Waals surface area contributed by atoms with E-state index in [4.69, 9.17) is 0 Å². The Balaban J connectivity index is 1.78. The Morgan fingerprint density at radius 1 is 1.31 bits per heavy atom. The SMILES string of the molecule is CC(C(=O)O)N(C(=O)c1nn(-c2ccccc2F)c2c1CCC2)C1CC1. The van der Waals surface area contributed by atoms with Gasteiger partial charge in [0.2, 0.25) is 0 Å². The third-order valence-corrected chi connectivity index (χ3v) is 5.16. The Labute approximate surface area is 150 Å². The number of amides is 1. The summed E-state index contributed by atoms with van der Waals surface area (Å²) in [6, 6.07) is 5.37. The van der Waals surface area contributed by atoms with Crippen LogP contribution in [0.1, 0.15) is 47.9 Å². The number of para-hydroxylation sites is 1. The number of hydrogen-bond donors (Lipinski definition) is 1. The molecule has 1 aromatic heterocycles. The number of benzene rings is 1. The Hall–Kier alpha value is -2.70. The fourth-order valence-corrected chi connectivity index (χ4v) is 3.68. The summed E-state index contributed by atoms with van der Waals surface area (Å²) in [6.45, 7) is 1.52. The van der Waals surface area contributed by atoms with Crippen molar-refractivity contribution in [2.75, 3.05) is 0 Å². The Morgan fingerprint density at radius 2 is 2.04 bits per heavy atom. The Kier molecular flexibility index (Phi) is 4.01. The number of aliphatic carboxylic acids is 1. The monoisotopic (exact) mass is 357 g/mol. The molecule has 136 valence electrons. The zero-order valence-electron chi connectivity index (χ0n) is 14.5. The Morgan fingerprint density at radius 3 is 2.69 bits per heavy atom. The maximum atomic E-state index is 14.3. The number of carboxylic acid groups (broad SMARTS) is 1. The van der Waals surface area contributed by atoms with Crippen LogP contribution in [-0.4, -0.2) is 43.7 Å². The molecule has 1 aromatic carbocycles. The molecule has 1 unspecified atom stereocenters. The van der Waals surface area contributed by atoms with E-state index in [2.05, 4.69) is 5.10 Å². The number of fused-ring (bicyclic) bond motifs is 1. The number of nitrogens with zero attached hydrogens (tertiary/aromatic N) is 3. The molecule has 4 rings (SSSR count). The second kappa shape index (κ2) is 6.23. The van der Waals surface area contributed by atoms with Gasteiger partial charge in [0.15, 0.2) is 5.69 Å². The van der Waals surface area contributed by atoms with Gasteiger partial charge < -0.3 is 10.0 Å². The predicted octanol–water partition coefficient (Wildman–Crippen LogP) is 2.58. The van der Waals surface area contributed by atoms with Gasteiger partial charge in [-0.1, -0.05) is 12.1 Å². The second-order valence-corrected chi connectivity index (χ2v) is 6.95. The largest absolute Gasteiger partial charge is 0.480 e. The highest BCUT2D eigenvalue weighted by molar-refractivity contribution is 5.97. The highest BCUT2D eigenvalue weighted by atomic mass is 19.1. The topological polar surface area (TPSA) is 75.4 Å². The van der Waals surface area contributed by atoms with E-state index < -0.39 is 17.8 Å². The average Bonchev–Trinajstić information content (AvgIpc) is 3.20. The molecule has 1 N–H and O–H groups in total. The van der Waals surface area contributed by atoms with Crippen LogP contribution in [-0.2, 0) is 17.6 Å². The molecule has 1 amide bonds. The van der Waals surface area contributed by atoms with Crippen LogP contribution >= 0.6 is 0 Å². The van der Waals surface area contributed by atoms with E-state index in [0.29, 0.717) is 12.1 Å². The molecule has 0 aliphatic heterocycles. The van der Waals surface area contributed by atoms with E-state index in [-0.39, 0.29) is 17.6 Å². The molecular weight excluding hydrogens is 337 g/mol. The summed E-state index contributed by atoms with van der Waals surface area (Å²) in [6.07, 6.45) is 3.91. The molecule has 7 heteroatoms. The second-order valence-electron chi connectivity index (χ2n) is 6.95. The zero-order valence-corrected chi connectivity index (χ0v) is 14.5. The van der Waals surface area contributed by atoms with Crippen molar-refractivity contribution in [1.29, 1.82) is 0 Å². The molecular formula is C19H20FN3O3. The zero-order chi connectivity index (χ0) is 18.4. The molecule has 0 bridgehead atoms. The van der Waals surface area contributed by atoms with Crippen molar-refractivity contribution in [1.82, 2.24) is 14.7 Å². The molecule has 1 saturated carbocycles. The number of halogens is 1. The van der Waals surface area contributed by atoms with Gasteiger partial charge in [-0.05, 0) is 51.2 Å². The summed E-state index contributed by atoms with van der Waals surface area (Å²) < 4.78 is 15.8. The summed E-state index contributed by atoms with van der Waals surface area (Å²) in [5, 5.41) is 13.8. The van der Waals surface area contributed by atoms with Gasteiger partial charge in [0.05, 0.1) is 0 Å². The fourth-order valence-electron chi connectivity index (χ4n) is 3.68. The van der Waals surface area contributed by atoms with Crippen molar-refractivity contribution in [3.05, 3.63) is 47.0 Å². The molecule has 0 radical (unpaired) electrons. The molecule has 0 saturated heterocycles. The van der Waals surface area contributed by atoms with Crippen molar-refractivity contribution in [3.63, 3.8) is 0 Å². The maximum absolute atomic E-state index is 14.3. The number of carbonyl (C=O) groups is 2. The first kappa shape index (κ1) is 16.8. The molecule has 1 atom stereocenters. The minimum atomic E-state index is -1.03. The summed E-state index contributed by atoms with van der Waals surface area (Å²) in [5.41, 5.74) is 2.24. The standard InChI is InChI=1S/C19H20FN3O3/c1-11(19(25)26)22(12-9-10-12)18(24)17-13-5-4-8-15(13)23(21-17)16-7-3-2-6-14(16)20/h2-3,6-7,11-12H,4-5,8-10H2,1H3,(H,25,26). The van der Waals surface area contributed by atoms with E-state index in [9.17, 15) is 19.1 Å². The lowest BCUT2D eigenvalue weighted by Gasteiger charge is -2.26. The van der Waals surface area contributed by atoms with Gasteiger partial charge in [-0.2, -0.15) is 5.10 Å². The summed E-state index contributed by atoms with van der Waals surface area (Å²) in [7, 11) is 0. The van der Waals surface area contributed by atoms with Crippen LogP contribution in [0.2, 0.25) is 0 Å². The van der Waals surface area contributed by atoms with E-state index in [1.807, 2.05) is 0 Å². The van der Waals surface area contributed by atoms with Crippen LogP contribution in [0.15, 0.2) is 24.3 Å². The molecule has 2 aliphatic rings. The highest BCUT2D eigenvalue weighted by Crippen LogP contribution is 2.34. The van der Waals surface area contributed by atoms with E-state index in [1.165, 1.54) is 22.6 Å². The lowest BCUT2D eigenvalue weighted by atomic mass is 10.1. The molecule has 6 nitrogen and oxygen atoms in total. The van der Waals surface area contributed by atoms with Gasteiger partial charge in [0, 0.05) is 17.3 Å². The van der Waals surface area contributed by atoms with Crippen molar-refractivity contribution in [2.45, 2.75) is 51.1 Å². The van der Waals surface area contributed by atoms with Crippen LogP contribution < -0.4 is 0 Å². The maximum Gasteiger partial charge on any atom is 0.326 e. The van der Waals surface area contributed by atoms with Crippen molar-refractivity contribution < 1.29 is 19.1 Å². The van der Waals surface area contributed by atoms with Crippen molar-refractivity contribution in [3.8, 4) is 5.69 Å². The highest BCUT2D eigenvalue weighted by Gasteiger charge is 2.41. The van der Waals surface area contributed by atoms with Crippen LogP contribution in [0.4, 0.5) is 4.39 Å². The Bertz CT molecular complexity index is 888. The molecule has 0 spiro atoms. The van der Waals surface area contributed by atoms with Crippen molar-refractivity contribution in [2.24, 2.45) is 0 Å². The minimum Gasteiger partial charge on any atom is -0.480 e. The van der Waals surface area contributed by atoms with Gasteiger partial charge in [-0.25, -0.2) is 13.9 Å². The van der Waals surface area contributed by atoms with Gasteiger partial charge in [-0.15, -0.1) is 0 Å². The third kappa shape index (κ3) is 2.67. The smallest absolute Gasteiger partial charge is 0.326 e. The molecule has 2 aliphatic carbocycles. The number of rotatable bonds is 5. The van der Waals surface area contributed by atoms with E-state index in [0.717, 1.165) is 36.9 Å². The summed E-state index contributed by atoms with van der Waals surface area (Å²) >= 11 is 0. The van der Waals surface area contributed by atoms with Gasteiger partial charge >= 0.3 is 5.97 Å². The third-order valence-electron chi connectivity index (χ3n) is 5.16. The molecule has 1 fully saturated rings. The average molecular weight is 357 g/mol. The van der Waals surface area contributed by atoms with Crippen LogP contribution in [0.5, 0.6) is 0 Å². The number of carbonyl (C=O) groups excluding carboxylic acids is 1. The molecule has 2 aromatic rings. The number of hydrogen-bond acceptors (Lipinski definition) is 3. The first-order valence-corrected chi connectivity index (χ1v) is 8.90. The number of aromatic nitrogens is 2. The summed E-state index contributed by atoms with van der Waals surface area (Å²) in [4.78, 5) is 26.0. The fraction of sp³-hybridized carbons (Fsp3) is 0.421. The molecule has 26 heavy (non-hydrogen) atoms. The first-order chi connectivity index (χ1) is 12.5. The van der Waals surface area contributed by atoms with Gasteiger partial charge in [0.25, 0.3) is 5.91 Å². The van der Waals surface area contributed by atoms with E-state index in [1.54, 1.807) is 18.2 Å². The lowest BCUT2D eigenvalue weighted by molar-refractivity contribution is -0.141. The minimum absolute atomic E-state index is 0.0516. The predicted molar refractivity (Wildman–Crippen MR) is 91.8 cm³/mol. The first-order valence-electron chi connectivity index (χ1n) is 8.90. The van der Waals surface area contributed by atoms with Gasteiger partial charge in [0.1, 0.15) is 17.5 Å². The number of carboxylic acids is 1. The normalized spacial score (nSPS) is 17.0.